The third-order valence-electron chi connectivity index (χ3n) is 2.43. The van der Waals surface area contributed by atoms with E-state index in [4.69, 9.17) is 0 Å². The van der Waals surface area contributed by atoms with Crippen LogP contribution in [0.2, 0.25) is 0 Å². The van der Waals surface area contributed by atoms with Gasteiger partial charge >= 0.3 is 0 Å². The maximum absolute atomic E-state index is 13.7. The van der Waals surface area contributed by atoms with Crippen LogP contribution in [0.5, 0.6) is 0 Å². The molecule has 1 heterocycles. The van der Waals surface area contributed by atoms with Crippen molar-refractivity contribution in [1.29, 1.82) is 0 Å². The predicted octanol–water partition coefficient (Wildman–Crippen LogP) is 2.11. The molecule has 1 aliphatic heterocycles. The lowest BCUT2D eigenvalue weighted by atomic mass is 10.1. The molecule has 4 nitrogen and oxygen atoms in total. The van der Waals surface area contributed by atoms with Gasteiger partial charge in [-0.25, -0.2) is 9.38 Å². The molecule has 0 saturated carbocycles. The van der Waals surface area contributed by atoms with Crippen molar-refractivity contribution in [3.8, 4) is 0 Å². The maximum atomic E-state index is 13.7. The normalized spacial score (nSPS) is 18.8. The quantitative estimate of drug-likeness (QED) is 0.878. The van der Waals surface area contributed by atoms with E-state index in [9.17, 15) is 9.18 Å². The second-order valence-electron chi connectivity index (χ2n) is 4.33. The van der Waals surface area contributed by atoms with Gasteiger partial charge in [-0.05, 0) is 32.0 Å². The molecule has 1 aromatic rings. The molecule has 1 atom stereocenters. The number of halogens is 2. The van der Waals surface area contributed by atoms with E-state index < -0.39 is 11.9 Å². The van der Waals surface area contributed by atoms with Gasteiger partial charge in [0.2, 0.25) is 0 Å². The Bertz CT molecular complexity index is 516. The topological polar surface area (TPSA) is 53.5 Å². The van der Waals surface area contributed by atoms with Gasteiger partial charge in [0, 0.05) is 16.1 Å². The number of aliphatic imine (C=N–C) groups is 1. The molecule has 0 bridgehead atoms. The Morgan fingerprint density at radius 1 is 1.50 bits per heavy atom. The number of rotatable bonds is 2. The van der Waals surface area contributed by atoms with Gasteiger partial charge in [0.15, 0.2) is 12.0 Å². The van der Waals surface area contributed by atoms with Gasteiger partial charge in [-0.3, -0.25) is 10.1 Å². The number of nitrogens with zero attached hydrogens (tertiary/aromatic N) is 1. The minimum atomic E-state index is -0.830. The van der Waals surface area contributed by atoms with E-state index in [1.807, 2.05) is 13.8 Å². The van der Waals surface area contributed by atoms with Crippen LogP contribution in [-0.2, 0) is 4.79 Å². The molecular weight excluding hydrogens is 301 g/mol. The summed E-state index contributed by atoms with van der Waals surface area (Å²) in [5.74, 6) is -0.373. The van der Waals surface area contributed by atoms with Crippen LogP contribution in [0.25, 0.3) is 0 Å². The summed E-state index contributed by atoms with van der Waals surface area (Å²) >= 11 is 3.26. The van der Waals surface area contributed by atoms with Crippen LogP contribution in [0.3, 0.4) is 0 Å². The highest BCUT2D eigenvalue weighted by Gasteiger charge is 2.30. The number of amides is 1. The van der Waals surface area contributed by atoms with E-state index in [1.54, 1.807) is 12.1 Å². The van der Waals surface area contributed by atoms with E-state index >= 15 is 0 Å². The molecule has 0 fully saturated rings. The summed E-state index contributed by atoms with van der Waals surface area (Å²) in [4.78, 5) is 15.9. The van der Waals surface area contributed by atoms with Crippen LogP contribution >= 0.6 is 15.9 Å². The lowest BCUT2D eigenvalue weighted by molar-refractivity contribution is -0.120. The molecule has 1 aliphatic rings. The number of nitrogens with one attached hydrogen (secondary N) is 2. The summed E-state index contributed by atoms with van der Waals surface area (Å²) < 4.78 is 14.4. The van der Waals surface area contributed by atoms with E-state index in [0.29, 0.717) is 10.4 Å². The van der Waals surface area contributed by atoms with Gasteiger partial charge in [0.05, 0.1) is 0 Å². The molecule has 1 unspecified atom stereocenters. The Morgan fingerprint density at radius 3 is 2.89 bits per heavy atom. The lowest BCUT2D eigenvalue weighted by Gasteiger charge is -2.07. The highest BCUT2D eigenvalue weighted by atomic mass is 79.9. The highest BCUT2D eigenvalue weighted by Crippen LogP contribution is 2.26. The van der Waals surface area contributed by atoms with Crippen molar-refractivity contribution in [3.63, 3.8) is 0 Å². The Morgan fingerprint density at radius 2 is 2.22 bits per heavy atom. The van der Waals surface area contributed by atoms with Gasteiger partial charge in [-0.1, -0.05) is 15.9 Å². The fourth-order valence-corrected chi connectivity index (χ4v) is 2.07. The summed E-state index contributed by atoms with van der Waals surface area (Å²) in [6.45, 7) is 3.86. The second-order valence-corrected chi connectivity index (χ2v) is 5.25. The van der Waals surface area contributed by atoms with Crippen molar-refractivity contribution in [3.05, 3.63) is 34.1 Å². The van der Waals surface area contributed by atoms with E-state index in [2.05, 4.69) is 31.6 Å². The number of guanidine groups is 1. The summed E-state index contributed by atoms with van der Waals surface area (Å²) in [6, 6.07) is 3.79. The van der Waals surface area contributed by atoms with Crippen molar-refractivity contribution in [2.75, 3.05) is 0 Å². The molecule has 0 aliphatic carbocycles. The van der Waals surface area contributed by atoms with Gasteiger partial charge < -0.3 is 5.32 Å². The number of benzene rings is 1. The van der Waals surface area contributed by atoms with Gasteiger partial charge in [0.1, 0.15) is 5.82 Å². The zero-order valence-electron chi connectivity index (χ0n) is 10.00. The molecule has 6 heteroatoms. The monoisotopic (exact) mass is 313 g/mol. The summed E-state index contributed by atoms with van der Waals surface area (Å²) in [7, 11) is 0. The van der Waals surface area contributed by atoms with Crippen LogP contribution in [0, 0.1) is 5.82 Å². The Hall–Kier alpha value is -1.43. The zero-order valence-corrected chi connectivity index (χ0v) is 11.6. The van der Waals surface area contributed by atoms with Crippen molar-refractivity contribution in [1.82, 2.24) is 10.6 Å². The molecule has 1 amide bonds. The Kier molecular flexibility index (Phi) is 3.65. The first-order valence-electron chi connectivity index (χ1n) is 5.57. The van der Waals surface area contributed by atoms with Crippen LogP contribution in [-0.4, -0.2) is 17.9 Å². The second kappa shape index (κ2) is 5.06. The van der Waals surface area contributed by atoms with E-state index in [0.717, 1.165) is 0 Å². The summed E-state index contributed by atoms with van der Waals surface area (Å²) in [6.07, 6.45) is 0. The molecule has 1 aromatic carbocycles. The zero-order chi connectivity index (χ0) is 13.3. The molecule has 0 aromatic heterocycles. The fourth-order valence-electron chi connectivity index (χ4n) is 1.69. The van der Waals surface area contributed by atoms with Crippen molar-refractivity contribution < 1.29 is 9.18 Å². The summed E-state index contributed by atoms with van der Waals surface area (Å²) in [5.41, 5.74) is 0.266. The van der Waals surface area contributed by atoms with Crippen molar-refractivity contribution >= 4 is 27.8 Å². The lowest BCUT2D eigenvalue weighted by Crippen LogP contribution is -2.40. The smallest absolute Gasteiger partial charge is 0.256 e. The van der Waals surface area contributed by atoms with E-state index in [1.165, 1.54) is 6.07 Å². The predicted molar refractivity (Wildman–Crippen MR) is 70.7 cm³/mol. The van der Waals surface area contributed by atoms with Gasteiger partial charge in [-0.15, -0.1) is 0 Å². The average Bonchev–Trinajstić information content (AvgIpc) is 2.62. The molecule has 2 N–H and O–H groups in total. The fraction of sp³-hybridized carbons (Fsp3) is 0.333. The molecule has 96 valence electrons. The first-order valence-corrected chi connectivity index (χ1v) is 6.37. The average molecular weight is 314 g/mol. The molecule has 2 rings (SSSR count). The largest absolute Gasteiger partial charge is 0.354 e. The van der Waals surface area contributed by atoms with E-state index in [-0.39, 0.29) is 17.5 Å². The van der Waals surface area contributed by atoms with Crippen LogP contribution in [0.1, 0.15) is 25.5 Å². The van der Waals surface area contributed by atoms with Crippen molar-refractivity contribution in [2.24, 2.45) is 4.99 Å². The molecule has 0 spiro atoms. The SMILES string of the molecule is CC(C)NC1=NC(c2cc(Br)ccc2F)C(=O)N1. The molecule has 18 heavy (non-hydrogen) atoms. The van der Waals surface area contributed by atoms with Crippen LogP contribution < -0.4 is 10.6 Å². The van der Waals surface area contributed by atoms with Crippen LogP contribution in [0.15, 0.2) is 27.7 Å². The maximum Gasteiger partial charge on any atom is 0.256 e. The third-order valence-corrected chi connectivity index (χ3v) is 2.92. The minimum Gasteiger partial charge on any atom is -0.354 e. The molecule has 0 radical (unpaired) electrons. The molecule has 0 saturated heterocycles. The number of hydrogen-bond acceptors (Lipinski definition) is 3. The first kappa shape index (κ1) is 13.0. The first-order chi connectivity index (χ1) is 8.47. The number of carbonyl (C=O) groups excluding carboxylic acids is 1. The van der Waals surface area contributed by atoms with Crippen LogP contribution in [0.4, 0.5) is 4.39 Å². The third kappa shape index (κ3) is 2.69. The standard InChI is InChI=1S/C12H13BrFN3O/c1-6(2)15-12-16-10(11(18)17-12)8-5-7(13)3-4-9(8)14/h3-6,10H,1-2H3,(H2,15,16,17,18). The van der Waals surface area contributed by atoms with Gasteiger partial charge in [0.25, 0.3) is 5.91 Å². The Labute approximate surface area is 113 Å². The van der Waals surface area contributed by atoms with Crippen molar-refractivity contribution in [2.45, 2.75) is 25.9 Å². The molecular formula is C12H13BrFN3O. The number of carbonyl (C=O) groups is 1. The summed E-state index contributed by atoms with van der Waals surface area (Å²) in [5, 5.41) is 5.59. The van der Waals surface area contributed by atoms with Gasteiger partial charge in [-0.2, -0.15) is 0 Å². The minimum absolute atomic E-state index is 0.148. The number of hydrogen-bond donors (Lipinski definition) is 2. The highest BCUT2D eigenvalue weighted by molar-refractivity contribution is 9.10. The Balaban J connectivity index is 2.30.